The molecular weight excluding hydrogens is 368 g/mol. The van der Waals surface area contributed by atoms with Gasteiger partial charge in [0.05, 0.1) is 0 Å². The van der Waals surface area contributed by atoms with Crippen LogP contribution in [0.5, 0.6) is 0 Å². The summed E-state index contributed by atoms with van der Waals surface area (Å²) >= 11 is 3.49. The van der Waals surface area contributed by atoms with Gasteiger partial charge < -0.3 is 10.2 Å². The summed E-state index contributed by atoms with van der Waals surface area (Å²) in [4.78, 5) is 22.9. The molecule has 1 heterocycles. The zero-order valence-corrected chi connectivity index (χ0v) is 16.1. The summed E-state index contributed by atoms with van der Waals surface area (Å²) in [5.74, 6) is 1.11. The van der Waals surface area contributed by atoms with E-state index in [-0.39, 0.29) is 5.91 Å². The molecule has 0 radical (unpaired) electrons. The van der Waals surface area contributed by atoms with Crippen LogP contribution in [-0.2, 0) is 0 Å². The molecule has 2 rings (SSSR count). The van der Waals surface area contributed by atoms with E-state index in [1.165, 1.54) is 0 Å². The molecular formula is C18H23BrN4O. The monoisotopic (exact) mass is 390 g/mol. The average Bonchev–Trinajstić information content (AvgIpc) is 2.54. The van der Waals surface area contributed by atoms with Crippen LogP contribution in [0.1, 0.15) is 41.6 Å². The first-order valence-corrected chi connectivity index (χ1v) is 8.84. The summed E-state index contributed by atoms with van der Waals surface area (Å²) in [6.07, 6.45) is 2.03. The second-order valence-corrected chi connectivity index (χ2v) is 6.71. The van der Waals surface area contributed by atoms with Crippen molar-refractivity contribution < 1.29 is 4.79 Å². The van der Waals surface area contributed by atoms with Gasteiger partial charge in [-0.25, -0.2) is 9.97 Å². The SMILES string of the molecule is CCCCN(C)C(=O)c1cc(Nc2ccc(Br)c(C)c2)nc(C)n1. The minimum Gasteiger partial charge on any atom is -0.340 e. The van der Waals surface area contributed by atoms with Gasteiger partial charge in [-0.2, -0.15) is 0 Å². The van der Waals surface area contributed by atoms with Crippen LogP contribution in [-0.4, -0.2) is 34.4 Å². The zero-order chi connectivity index (χ0) is 17.7. The van der Waals surface area contributed by atoms with Crippen LogP contribution >= 0.6 is 15.9 Å². The summed E-state index contributed by atoms with van der Waals surface area (Å²) in [6.45, 7) is 6.65. The van der Waals surface area contributed by atoms with E-state index in [4.69, 9.17) is 0 Å². The lowest BCUT2D eigenvalue weighted by molar-refractivity contribution is 0.0787. The van der Waals surface area contributed by atoms with Crippen molar-refractivity contribution in [3.05, 3.63) is 45.8 Å². The maximum Gasteiger partial charge on any atom is 0.272 e. The van der Waals surface area contributed by atoms with E-state index >= 15 is 0 Å². The molecule has 5 nitrogen and oxygen atoms in total. The van der Waals surface area contributed by atoms with Crippen LogP contribution in [0.4, 0.5) is 11.5 Å². The summed E-state index contributed by atoms with van der Waals surface area (Å²) in [6, 6.07) is 7.67. The fraction of sp³-hybridized carbons (Fsp3) is 0.389. The Balaban J connectivity index is 2.21. The van der Waals surface area contributed by atoms with Crippen LogP contribution in [0.15, 0.2) is 28.7 Å². The Bertz CT molecular complexity index is 733. The maximum atomic E-state index is 12.5. The van der Waals surface area contributed by atoms with E-state index in [1.807, 2.05) is 25.1 Å². The molecule has 1 aromatic carbocycles. The Morgan fingerprint density at radius 1 is 1.25 bits per heavy atom. The van der Waals surface area contributed by atoms with Gasteiger partial charge in [0.15, 0.2) is 0 Å². The number of halogens is 1. The quantitative estimate of drug-likeness (QED) is 0.789. The molecule has 0 atom stereocenters. The van der Waals surface area contributed by atoms with Crippen LogP contribution in [0.25, 0.3) is 0 Å². The van der Waals surface area contributed by atoms with Gasteiger partial charge in [0.25, 0.3) is 5.91 Å². The first-order valence-electron chi connectivity index (χ1n) is 8.05. The predicted molar refractivity (Wildman–Crippen MR) is 101 cm³/mol. The van der Waals surface area contributed by atoms with E-state index in [9.17, 15) is 4.79 Å². The van der Waals surface area contributed by atoms with Crippen molar-refractivity contribution in [2.45, 2.75) is 33.6 Å². The number of anilines is 2. The fourth-order valence-corrected chi connectivity index (χ4v) is 2.55. The average molecular weight is 391 g/mol. The van der Waals surface area contributed by atoms with Gasteiger partial charge >= 0.3 is 0 Å². The molecule has 2 aromatic rings. The molecule has 24 heavy (non-hydrogen) atoms. The molecule has 0 saturated heterocycles. The highest BCUT2D eigenvalue weighted by Crippen LogP contribution is 2.22. The van der Waals surface area contributed by atoms with Gasteiger partial charge in [0.2, 0.25) is 0 Å². The highest BCUT2D eigenvalue weighted by molar-refractivity contribution is 9.10. The molecule has 128 valence electrons. The molecule has 0 aliphatic carbocycles. The van der Waals surface area contributed by atoms with Crippen LogP contribution in [0.2, 0.25) is 0 Å². The van der Waals surface area contributed by atoms with Gasteiger partial charge in [0.1, 0.15) is 17.3 Å². The van der Waals surface area contributed by atoms with E-state index in [1.54, 1.807) is 24.9 Å². The first-order chi connectivity index (χ1) is 11.4. The maximum absolute atomic E-state index is 12.5. The molecule has 6 heteroatoms. The third-order valence-electron chi connectivity index (χ3n) is 3.68. The first kappa shape index (κ1) is 18.4. The number of nitrogens with zero attached hydrogens (tertiary/aromatic N) is 3. The lowest BCUT2D eigenvalue weighted by Gasteiger charge is -2.17. The largest absolute Gasteiger partial charge is 0.340 e. The third kappa shape index (κ3) is 4.77. The highest BCUT2D eigenvalue weighted by Gasteiger charge is 2.15. The van der Waals surface area contributed by atoms with Gasteiger partial charge in [-0.05, 0) is 44.0 Å². The van der Waals surface area contributed by atoms with Crippen molar-refractivity contribution >= 4 is 33.3 Å². The number of hydrogen-bond acceptors (Lipinski definition) is 4. The number of aromatic nitrogens is 2. The molecule has 0 spiro atoms. The second kappa shape index (κ2) is 8.24. The molecule has 0 saturated carbocycles. The summed E-state index contributed by atoms with van der Waals surface area (Å²) < 4.78 is 1.06. The number of nitrogens with one attached hydrogen (secondary N) is 1. The van der Waals surface area contributed by atoms with Gasteiger partial charge in [-0.1, -0.05) is 29.3 Å². The number of carbonyl (C=O) groups is 1. The molecule has 0 bridgehead atoms. The Morgan fingerprint density at radius 2 is 2.00 bits per heavy atom. The molecule has 0 aliphatic rings. The van der Waals surface area contributed by atoms with Crippen molar-refractivity contribution in [2.75, 3.05) is 18.9 Å². The molecule has 1 N–H and O–H groups in total. The van der Waals surface area contributed by atoms with E-state index < -0.39 is 0 Å². The fourth-order valence-electron chi connectivity index (χ4n) is 2.30. The molecule has 0 fully saturated rings. The molecule has 1 amide bonds. The summed E-state index contributed by atoms with van der Waals surface area (Å²) in [7, 11) is 1.81. The summed E-state index contributed by atoms with van der Waals surface area (Å²) in [5, 5.41) is 3.25. The van der Waals surface area contributed by atoms with E-state index in [0.717, 1.165) is 35.1 Å². The van der Waals surface area contributed by atoms with Gasteiger partial charge in [-0.15, -0.1) is 0 Å². The zero-order valence-electron chi connectivity index (χ0n) is 14.6. The number of carbonyl (C=O) groups excluding carboxylic acids is 1. The van der Waals surface area contributed by atoms with Crippen molar-refractivity contribution in [1.82, 2.24) is 14.9 Å². The minimum atomic E-state index is -0.0796. The topological polar surface area (TPSA) is 58.1 Å². The van der Waals surface area contributed by atoms with Gasteiger partial charge in [-0.3, -0.25) is 4.79 Å². The number of unbranched alkanes of at least 4 members (excludes halogenated alkanes) is 1. The number of benzene rings is 1. The van der Waals surface area contributed by atoms with E-state index in [2.05, 4.69) is 38.1 Å². The number of amides is 1. The smallest absolute Gasteiger partial charge is 0.272 e. The van der Waals surface area contributed by atoms with Crippen molar-refractivity contribution in [1.29, 1.82) is 0 Å². The lowest BCUT2D eigenvalue weighted by Crippen LogP contribution is -2.28. The normalized spacial score (nSPS) is 10.5. The molecule has 0 aliphatic heterocycles. The van der Waals surface area contributed by atoms with Crippen LogP contribution in [0, 0.1) is 13.8 Å². The Kier molecular flexibility index (Phi) is 6.31. The highest BCUT2D eigenvalue weighted by atomic mass is 79.9. The van der Waals surface area contributed by atoms with Crippen molar-refractivity contribution in [3.8, 4) is 0 Å². The Labute approximate surface area is 151 Å². The predicted octanol–water partition coefficient (Wildman–Crippen LogP) is 4.47. The lowest BCUT2D eigenvalue weighted by atomic mass is 10.2. The third-order valence-corrected chi connectivity index (χ3v) is 4.57. The molecule has 0 unspecified atom stereocenters. The van der Waals surface area contributed by atoms with Crippen molar-refractivity contribution in [2.24, 2.45) is 0 Å². The standard InChI is InChI=1S/C18H23BrN4O/c1-5-6-9-23(4)18(24)16-11-17(21-13(3)20-16)22-14-7-8-15(19)12(2)10-14/h7-8,10-11H,5-6,9H2,1-4H3,(H,20,21,22). The Morgan fingerprint density at radius 3 is 2.67 bits per heavy atom. The number of aryl methyl sites for hydroxylation is 2. The van der Waals surface area contributed by atoms with Crippen molar-refractivity contribution in [3.63, 3.8) is 0 Å². The Hall–Kier alpha value is -1.95. The van der Waals surface area contributed by atoms with E-state index in [0.29, 0.717) is 17.3 Å². The second-order valence-electron chi connectivity index (χ2n) is 5.85. The van der Waals surface area contributed by atoms with Crippen LogP contribution in [0.3, 0.4) is 0 Å². The number of rotatable bonds is 6. The minimum absolute atomic E-state index is 0.0796. The number of hydrogen-bond donors (Lipinski definition) is 1. The van der Waals surface area contributed by atoms with Gasteiger partial charge in [0, 0.05) is 29.8 Å². The molecule has 1 aromatic heterocycles. The summed E-state index contributed by atoms with van der Waals surface area (Å²) in [5.41, 5.74) is 2.46. The van der Waals surface area contributed by atoms with Crippen LogP contribution < -0.4 is 5.32 Å².